The molecule has 7 nitrogen and oxygen atoms in total. The van der Waals surface area contributed by atoms with Gasteiger partial charge in [-0.15, -0.1) is 0 Å². The van der Waals surface area contributed by atoms with Crippen molar-refractivity contribution in [1.29, 1.82) is 0 Å². The maximum Gasteiger partial charge on any atom is 0.331 e. The highest BCUT2D eigenvalue weighted by Gasteiger charge is 2.54. The van der Waals surface area contributed by atoms with Gasteiger partial charge in [-0.3, -0.25) is 0 Å². The summed E-state index contributed by atoms with van der Waals surface area (Å²) in [6.45, 7) is 3.67. The fraction of sp³-hybridized carbons (Fsp3) is 0.419. The number of fused-ring (bicyclic) bond motifs is 5. The number of piperidine rings is 1. The Hall–Kier alpha value is -3.74. The molecule has 0 saturated carbocycles. The van der Waals surface area contributed by atoms with Gasteiger partial charge < -0.3 is 24.0 Å². The number of benzene rings is 2. The SMILES string of the molecule is CCC12CCCN(/C=C/C(=O)OC)CC3C=C(C1Oc1ccccc1)N(c1ccccc13)C(C(=O)OC)C2. The quantitative estimate of drug-likeness (QED) is 0.393. The van der Waals surface area contributed by atoms with E-state index in [2.05, 4.69) is 34.9 Å². The lowest BCUT2D eigenvalue weighted by Gasteiger charge is -2.55. The molecule has 0 aliphatic carbocycles. The van der Waals surface area contributed by atoms with Crippen LogP contribution >= 0.6 is 0 Å². The first-order chi connectivity index (χ1) is 18.5. The first kappa shape index (κ1) is 25.9. The van der Waals surface area contributed by atoms with Gasteiger partial charge in [0.05, 0.1) is 19.9 Å². The average molecular weight is 517 g/mol. The minimum absolute atomic E-state index is 0.0469. The van der Waals surface area contributed by atoms with E-state index in [1.165, 1.54) is 20.3 Å². The van der Waals surface area contributed by atoms with E-state index in [1.54, 1.807) is 0 Å². The van der Waals surface area contributed by atoms with Crippen LogP contribution in [0.3, 0.4) is 0 Å². The van der Waals surface area contributed by atoms with E-state index in [-0.39, 0.29) is 29.4 Å². The second-order valence-electron chi connectivity index (χ2n) is 10.3. The number of hydrogen-bond donors (Lipinski definition) is 0. The number of anilines is 1. The Morgan fingerprint density at radius 1 is 1.05 bits per heavy atom. The molecular weight excluding hydrogens is 480 g/mol. The van der Waals surface area contributed by atoms with Crippen molar-refractivity contribution in [3.63, 3.8) is 0 Å². The van der Waals surface area contributed by atoms with E-state index in [1.807, 2.05) is 48.7 Å². The zero-order valence-corrected chi connectivity index (χ0v) is 22.3. The van der Waals surface area contributed by atoms with Crippen molar-refractivity contribution in [3.05, 3.63) is 84.2 Å². The van der Waals surface area contributed by atoms with Crippen LogP contribution in [0.1, 0.15) is 44.1 Å². The molecule has 4 unspecified atom stereocenters. The summed E-state index contributed by atoms with van der Waals surface area (Å²) in [5, 5.41) is 0. The smallest absolute Gasteiger partial charge is 0.331 e. The molecule has 200 valence electrons. The number of hydrogen-bond acceptors (Lipinski definition) is 7. The van der Waals surface area contributed by atoms with E-state index in [0.717, 1.165) is 48.5 Å². The molecule has 5 rings (SSSR count). The summed E-state index contributed by atoms with van der Waals surface area (Å²) in [5.41, 5.74) is 2.89. The largest absolute Gasteiger partial charge is 0.484 e. The number of nitrogens with zero attached hydrogens (tertiary/aromatic N) is 2. The molecule has 1 saturated heterocycles. The van der Waals surface area contributed by atoms with Crippen molar-refractivity contribution in [2.45, 2.75) is 50.7 Å². The molecule has 3 aliphatic rings. The highest BCUT2D eigenvalue weighted by Crippen LogP contribution is 2.53. The van der Waals surface area contributed by atoms with E-state index in [0.29, 0.717) is 13.0 Å². The Morgan fingerprint density at radius 2 is 1.82 bits per heavy atom. The Labute approximate surface area is 224 Å². The van der Waals surface area contributed by atoms with Gasteiger partial charge in [-0.1, -0.05) is 49.4 Å². The van der Waals surface area contributed by atoms with Crippen molar-refractivity contribution in [1.82, 2.24) is 4.90 Å². The van der Waals surface area contributed by atoms with Crippen LogP contribution in [0.25, 0.3) is 0 Å². The number of carbonyl (C=O) groups excluding carboxylic acids is 2. The zero-order valence-electron chi connectivity index (χ0n) is 22.3. The Balaban J connectivity index is 1.67. The molecule has 1 fully saturated rings. The predicted octanol–water partition coefficient (Wildman–Crippen LogP) is 5.05. The molecule has 3 aliphatic heterocycles. The third kappa shape index (κ3) is 4.77. The zero-order chi connectivity index (χ0) is 26.7. The molecule has 38 heavy (non-hydrogen) atoms. The highest BCUT2D eigenvalue weighted by molar-refractivity contribution is 5.84. The summed E-state index contributed by atoms with van der Waals surface area (Å²) in [5.74, 6) is 0.281. The topological polar surface area (TPSA) is 68.3 Å². The number of ether oxygens (including phenoxy) is 3. The molecule has 0 N–H and O–H groups in total. The standard InChI is InChI=1S/C31H36N2O5/c1-4-31-16-10-17-32(18-15-28(34)36-2)21-22-19-26(29(31)38-23-11-6-5-7-12-23)33(27(20-31)30(35)37-3)25-14-9-8-13-24(22)25/h5-9,11-15,18-19,22,27,29H,4,10,16-17,20-21H2,1-3H3/b18-15+. The van der Waals surface area contributed by atoms with Gasteiger partial charge >= 0.3 is 11.9 Å². The van der Waals surface area contributed by atoms with E-state index >= 15 is 0 Å². The second kappa shape index (κ2) is 10.9. The minimum atomic E-state index is -0.432. The summed E-state index contributed by atoms with van der Waals surface area (Å²) in [6.07, 6.45) is 8.65. The van der Waals surface area contributed by atoms with Crippen molar-refractivity contribution < 1.29 is 23.8 Å². The maximum atomic E-state index is 13.3. The van der Waals surface area contributed by atoms with Gasteiger partial charge in [-0.25, -0.2) is 9.59 Å². The van der Waals surface area contributed by atoms with Gasteiger partial charge in [-0.05, 0) is 49.4 Å². The van der Waals surface area contributed by atoms with Crippen LogP contribution in [0.15, 0.2) is 78.6 Å². The van der Waals surface area contributed by atoms with E-state index < -0.39 is 6.04 Å². The average Bonchev–Trinajstić information content (AvgIpc) is 2.96. The Kier molecular flexibility index (Phi) is 7.45. The van der Waals surface area contributed by atoms with Crippen molar-refractivity contribution in [2.75, 3.05) is 32.2 Å². The lowest BCUT2D eigenvalue weighted by molar-refractivity contribution is -0.144. The minimum Gasteiger partial charge on any atom is -0.484 e. The molecule has 2 aromatic rings. The molecule has 7 heteroatoms. The molecule has 0 radical (unpaired) electrons. The number of esters is 2. The van der Waals surface area contributed by atoms with Crippen LogP contribution in [0.5, 0.6) is 5.75 Å². The number of para-hydroxylation sites is 2. The number of carbonyl (C=O) groups is 2. The monoisotopic (exact) mass is 516 g/mol. The predicted molar refractivity (Wildman–Crippen MR) is 146 cm³/mol. The summed E-state index contributed by atoms with van der Waals surface area (Å²) < 4.78 is 17.0. The molecule has 2 aromatic carbocycles. The summed E-state index contributed by atoms with van der Waals surface area (Å²) in [7, 11) is 2.86. The fourth-order valence-electron chi connectivity index (χ4n) is 6.38. The molecule has 0 aromatic heterocycles. The number of methoxy groups -OCH3 is 2. The second-order valence-corrected chi connectivity index (χ2v) is 10.3. The highest BCUT2D eigenvalue weighted by atomic mass is 16.5. The van der Waals surface area contributed by atoms with E-state index in [4.69, 9.17) is 14.2 Å². The molecule has 3 heterocycles. The molecule has 3 bridgehead atoms. The van der Waals surface area contributed by atoms with E-state index in [9.17, 15) is 9.59 Å². The van der Waals surface area contributed by atoms with Crippen LogP contribution in [-0.2, 0) is 19.1 Å². The van der Waals surface area contributed by atoms with Gasteiger partial charge in [0.2, 0.25) is 0 Å². The summed E-state index contributed by atoms with van der Waals surface area (Å²) in [6, 6.07) is 17.8. The first-order valence-corrected chi connectivity index (χ1v) is 13.4. The van der Waals surface area contributed by atoms with Gasteiger partial charge in [0.1, 0.15) is 17.9 Å². The molecule has 0 spiro atoms. The van der Waals surface area contributed by atoms with Crippen LogP contribution < -0.4 is 9.64 Å². The normalized spacial score (nSPS) is 26.4. The third-order valence-corrected chi connectivity index (χ3v) is 8.33. The van der Waals surface area contributed by atoms with Gasteiger partial charge in [-0.2, -0.15) is 0 Å². The van der Waals surface area contributed by atoms with Gasteiger partial charge in [0, 0.05) is 42.4 Å². The Bertz CT molecular complexity index is 1230. The summed E-state index contributed by atoms with van der Waals surface area (Å²) in [4.78, 5) is 29.6. The van der Waals surface area contributed by atoms with Crippen LogP contribution in [0.4, 0.5) is 5.69 Å². The number of rotatable bonds is 6. The maximum absolute atomic E-state index is 13.3. The van der Waals surface area contributed by atoms with Crippen LogP contribution in [0, 0.1) is 5.41 Å². The third-order valence-electron chi connectivity index (χ3n) is 8.33. The Morgan fingerprint density at radius 3 is 2.55 bits per heavy atom. The van der Waals surface area contributed by atoms with Gasteiger partial charge in [0.15, 0.2) is 0 Å². The summed E-state index contributed by atoms with van der Waals surface area (Å²) >= 11 is 0. The van der Waals surface area contributed by atoms with Crippen LogP contribution in [0.2, 0.25) is 0 Å². The van der Waals surface area contributed by atoms with Crippen LogP contribution in [-0.4, -0.2) is 56.3 Å². The van der Waals surface area contributed by atoms with Crippen molar-refractivity contribution in [2.24, 2.45) is 5.41 Å². The van der Waals surface area contributed by atoms with Crippen molar-refractivity contribution >= 4 is 17.6 Å². The molecule has 0 amide bonds. The molecular formula is C31H36N2O5. The lowest BCUT2D eigenvalue weighted by Crippen LogP contribution is -2.60. The lowest BCUT2D eigenvalue weighted by atomic mass is 9.65. The van der Waals surface area contributed by atoms with Crippen molar-refractivity contribution in [3.8, 4) is 5.75 Å². The fourth-order valence-corrected chi connectivity index (χ4v) is 6.38. The molecule has 4 atom stereocenters. The first-order valence-electron chi connectivity index (χ1n) is 13.4. The van der Waals surface area contributed by atoms with Gasteiger partial charge in [0.25, 0.3) is 0 Å².